The number of nitrogens with zero attached hydrogens (tertiary/aromatic N) is 2. The molecule has 5 nitrogen and oxygen atoms in total. The second-order valence-corrected chi connectivity index (χ2v) is 7.53. The summed E-state index contributed by atoms with van der Waals surface area (Å²) in [7, 11) is 2.05. The number of hydrogen-bond acceptors (Lipinski definition) is 3. The summed E-state index contributed by atoms with van der Waals surface area (Å²) in [5, 5.41) is 3.02. The van der Waals surface area contributed by atoms with Crippen molar-refractivity contribution in [1.29, 1.82) is 0 Å². The lowest BCUT2D eigenvalue weighted by molar-refractivity contribution is -0.135. The van der Waals surface area contributed by atoms with E-state index < -0.39 is 0 Å². The summed E-state index contributed by atoms with van der Waals surface area (Å²) in [4.78, 5) is 28.9. The summed E-state index contributed by atoms with van der Waals surface area (Å²) >= 11 is 0. The molecule has 1 aliphatic rings. The number of benzene rings is 1. The number of likely N-dealkylation sites (N-methyl/N-ethyl adjacent to an activating group) is 1. The Morgan fingerprint density at radius 2 is 1.52 bits per heavy atom. The molecule has 0 aliphatic carbocycles. The van der Waals surface area contributed by atoms with E-state index in [0.29, 0.717) is 24.9 Å². The van der Waals surface area contributed by atoms with Gasteiger partial charge in [-0.15, -0.1) is 0 Å². The summed E-state index contributed by atoms with van der Waals surface area (Å²) in [5.41, 5.74) is 3.11. The number of anilines is 1. The Balaban J connectivity index is 2.08. The molecule has 1 saturated heterocycles. The first-order valence-corrected chi connectivity index (χ1v) is 9.18. The number of carbonyl (C=O) groups excluding carboxylic acids is 2. The van der Waals surface area contributed by atoms with Crippen LogP contribution in [0, 0.1) is 0 Å². The lowest BCUT2D eigenvalue weighted by Crippen LogP contribution is -2.47. The number of rotatable bonds is 5. The third-order valence-electron chi connectivity index (χ3n) is 4.81. The highest BCUT2D eigenvalue weighted by atomic mass is 16.2. The summed E-state index contributed by atoms with van der Waals surface area (Å²) < 4.78 is 0. The molecule has 1 heterocycles. The van der Waals surface area contributed by atoms with Crippen LogP contribution < -0.4 is 5.32 Å². The quantitative estimate of drug-likeness (QED) is 0.835. The van der Waals surface area contributed by atoms with Crippen LogP contribution in [0.4, 0.5) is 5.69 Å². The van der Waals surface area contributed by atoms with E-state index in [1.54, 1.807) is 4.90 Å². The third-order valence-corrected chi connectivity index (χ3v) is 4.81. The van der Waals surface area contributed by atoms with Crippen LogP contribution in [0.5, 0.6) is 0 Å². The van der Waals surface area contributed by atoms with Gasteiger partial charge in [0.05, 0.1) is 0 Å². The first kappa shape index (κ1) is 19.4. The molecule has 1 N–H and O–H groups in total. The van der Waals surface area contributed by atoms with Gasteiger partial charge in [0.1, 0.15) is 6.42 Å². The van der Waals surface area contributed by atoms with E-state index in [4.69, 9.17) is 0 Å². The van der Waals surface area contributed by atoms with Crippen molar-refractivity contribution in [3.63, 3.8) is 0 Å². The maximum Gasteiger partial charge on any atom is 0.233 e. The molecule has 0 aromatic heterocycles. The number of piperazine rings is 1. The van der Waals surface area contributed by atoms with Crippen molar-refractivity contribution in [3.05, 3.63) is 29.3 Å². The highest BCUT2D eigenvalue weighted by Gasteiger charge is 2.22. The molecule has 5 heteroatoms. The number of para-hydroxylation sites is 1. The molecule has 0 unspecified atom stereocenters. The maximum absolute atomic E-state index is 12.5. The van der Waals surface area contributed by atoms with Gasteiger partial charge in [-0.05, 0) is 30.0 Å². The Bertz CT molecular complexity index is 591. The highest BCUT2D eigenvalue weighted by Crippen LogP contribution is 2.32. The number of nitrogens with one attached hydrogen (secondary N) is 1. The van der Waals surface area contributed by atoms with Gasteiger partial charge < -0.3 is 15.1 Å². The van der Waals surface area contributed by atoms with Crippen LogP contribution in [0.15, 0.2) is 18.2 Å². The second kappa shape index (κ2) is 8.48. The first-order chi connectivity index (χ1) is 11.8. The molecular weight excluding hydrogens is 314 g/mol. The molecule has 0 atom stereocenters. The predicted octanol–water partition coefficient (Wildman–Crippen LogP) is 3.04. The minimum absolute atomic E-state index is 0.0845. The fourth-order valence-electron chi connectivity index (χ4n) is 3.18. The van der Waals surface area contributed by atoms with Crippen molar-refractivity contribution >= 4 is 17.5 Å². The van der Waals surface area contributed by atoms with E-state index in [2.05, 4.69) is 50.0 Å². The van der Waals surface area contributed by atoms with Crippen LogP contribution in [-0.4, -0.2) is 54.8 Å². The third kappa shape index (κ3) is 5.05. The van der Waals surface area contributed by atoms with E-state index in [0.717, 1.165) is 29.9 Å². The molecule has 0 spiro atoms. The summed E-state index contributed by atoms with van der Waals surface area (Å²) in [6, 6.07) is 6.14. The summed E-state index contributed by atoms with van der Waals surface area (Å²) in [5.74, 6) is 0.308. The van der Waals surface area contributed by atoms with E-state index in [-0.39, 0.29) is 18.2 Å². The Labute approximate surface area is 151 Å². The van der Waals surface area contributed by atoms with Gasteiger partial charge in [0.25, 0.3) is 0 Å². The van der Waals surface area contributed by atoms with Crippen LogP contribution in [0.1, 0.15) is 57.1 Å². The van der Waals surface area contributed by atoms with Gasteiger partial charge in [-0.3, -0.25) is 9.59 Å². The van der Waals surface area contributed by atoms with Gasteiger partial charge >= 0.3 is 0 Å². The van der Waals surface area contributed by atoms with Gasteiger partial charge in [0, 0.05) is 31.9 Å². The Hall–Kier alpha value is -1.88. The normalized spacial score (nSPS) is 15.7. The van der Waals surface area contributed by atoms with Crippen molar-refractivity contribution in [3.8, 4) is 0 Å². The number of amides is 2. The molecule has 1 aromatic rings. The first-order valence-electron chi connectivity index (χ1n) is 9.18. The molecule has 0 bridgehead atoms. The largest absolute Gasteiger partial charge is 0.340 e. The van der Waals surface area contributed by atoms with Crippen molar-refractivity contribution in [1.82, 2.24) is 9.80 Å². The Morgan fingerprint density at radius 3 is 2.00 bits per heavy atom. The van der Waals surface area contributed by atoms with E-state index in [1.165, 1.54) is 0 Å². The Morgan fingerprint density at radius 1 is 1.00 bits per heavy atom. The van der Waals surface area contributed by atoms with Crippen molar-refractivity contribution in [2.24, 2.45) is 0 Å². The Kier molecular flexibility index (Phi) is 6.59. The van der Waals surface area contributed by atoms with Crippen LogP contribution in [-0.2, 0) is 9.59 Å². The molecule has 1 aliphatic heterocycles. The van der Waals surface area contributed by atoms with E-state index in [1.807, 2.05) is 13.1 Å². The number of hydrogen-bond donors (Lipinski definition) is 1. The van der Waals surface area contributed by atoms with Gasteiger partial charge in [0.2, 0.25) is 11.8 Å². The van der Waals surface area contributed by atoms with Gasteiger partial charge in [-0.25, -0.2) is 0 Å². The predicted molar refractivity (Wildman–Crippen MR) is 102 cm³/mol. The molecule has 0 radical (unpaired) electrons. The molecule has 138 valence electrons. The molecule has 0 saturated carbocycles. The fourth-order valence-corrected chi connectivity index (χ4v) is 3.18. The standard InChI is InChI=1S/C20H31N3O2/c1-14(2)16-7-6-8-17(15(3)4)20(16)21-18(24)13-19(25)23-11-9-22(5)10-12-23/h6-8,14-15H,9-13H2,1-5H3,(H,21,24). The molecule has 25 heavy (non-hydrogen) atoms. The molecule has 1 aromatic carbocycles. The maximum atomic E-state index is 12.5. The second-order valence-electron chi connectivity index (χ2n) is 7.53. The van der Waals surface area contributed by atoms with Crippen LogP contribution in [0.3, 0.4) is 0 Å². The summed E-state index contributed by atoms with van der Waals surface area (Å²) in [6.07, 6.45) is -0.0896. The van der Waals surface area contributed by atoms with Crippen LogP contribution >= 0.6 is 0 Å². The number of carbonyl (C=O) groups is 2. The zero-order chi connectivity index (χ0) is 18.6. The van der Waals surface area contributed by atoms with Gasteiger partial charge in [-0.1, -0.05) is 45.9 Å². The molecular formula is C20H31N3O2. The molecule has 2 rings (SSSR count). The average molecular weight is 345 g/mol. The topological polar surface area (TPSA) is 52.7 Å². The highest BCUT2D eigenvalue weighted by molar-refractivity contribution is 6.04. The van der Waals surface area contributed by atoms with E-state index in [9.17, 15) is 9.59 Å². The van der Waals surface area contributed by atoms with Crippen LogP contribution in [0.25, 0.3) is 0 Å². The van der Waals surface area contributed by atoms with E-state index >= 15 is 0 Å². The zero-order valence-electron chi connectivity index (χ0n) is 16.1. The smallest absolute Gasteiger partial charge is 0.233 e. The van der Waals surface area contributed by atoms with Gasteiger partial charge in [-0.2, -0.15) is 0 Å². The SMILES string of the molecule is CC(C)c1cccc(C(C)C)c1NC(=O)CC(=O)N1CCN(C)CC1. The van der Waals surface area contributed by atoms with Crippen molar-refractivity contribution in [2.45, 2.75) is 46.0 Å². The molecule has 1 fully saturated rings. The average Bonchev–Trinajstić information content (AvgIpc) is 2.54. The van der Waals surface area contributed by atoms with Crippen molar-refractivity contribution in [2.75, 3.05) is 38.5 Å². The monoisotopic (exact) mass is 345 g/mol. The lowest BCUT2D eigenvalue weighted by atomic mass is 9.92. The van der Waals surface area contributed by atoms with Gasteiger partial charge in [0.15, 0.2) is 0 Å². The van der Waals surface area contributed by atoms with Crippen molar-refractivity contribution < 1.29 is 9.59 Å². The van der Waals surface area contributed by atoms with Crippen LogP contribution in [0.2, 0.25) is 0 Å². The minimum Gasteiger partial charge on any atom is -0.340 e. The fraction of sp³-hybridized carbons (Fsp3) is 0.600. The zero-order valence-corrected chi connectivity index (χ0v) is 16.1. The summed E-state index contributed by atoms with van der Waals surface area (Å²) in [6.45, 7) is 11.6. The molecule has 2 amide bonds. The minimum atomic E-state index is -0.223. The lowest BCUT2D eigenvalue weighted by Gasteiger charge is -2.32.